The number of aromatic nitrogens is 4. The molecule has 3 aromatic heterocycles. The fourth-order valence-electron chi connectivity index (χ4n) is 7.81. The summed E-state index contributed by atoms with van der Waals surface area (Å²) in [6, 6.07) is 33.2. The predicted octanol–water partition coefficient (Wildman–Crippen LogP) is 12.3. The van der Waals surface area contributed by atoms with Gasteiger partial charge in [0.05, 0.1) is 5.69 Å². The standard InChI is InChI=1S/C47H50N4O.Pd/c1-9-14-34-21-22-48-45(25-34)50-42-18-13-12-17-39(42)40-20-19-37(29-44(40)50)52-38-27-35(30(4)5)26-36(28-38)51-43(16-11-3)47(41(49-51)15-10-2)46-32(7)23-31(6)24-33(46)8;/h12-13,17-27,30H,9-11,14-16H2,1-8H3;/q-2;+2. The van der Waals surface area contributed by atoms with Crippen molar-refractivity contribution >= 4 is 21.8 Å². The Balaban J connectivity index is 0.00000481. The quantitative estimate of drug-likeness (QED) is 0.0914. The van der Waals surface area contributed by atoms with Crippen molar-refractivity contribution in [2.24, 2.45) is 0 Å². The van der Waals surface area contributed by atoms with E-state index in [-0.39, 0.29) is 26.3 Å². The average molecular weight is 793 g/mol. The topological polar surface area (TPSA) is 44.9 Å². The molecule has 6 heteroatoms. The van der Waals surface area contributed by atoms with Gasteiger partial charge in [-0.1, -0.05) is 95.3 Å². The van der Waals surface area contributed by atoms with Gasteiger partial charge in [0.15, 0.2) is 0 Å². The summed E-state index contributed by atoms with van der Waals surface area (Å²) in [4.78, 5) is 4.82. The Kier molecular flexibility index (Phi) is 11.7. The van der Waals surface area contributed by atoms with Crippen LogP contribution in [0.2, 0.25) is 0 Å². The number of ether oxygens (including phenoxy) is 1. The minimum absolute atomic E-state index is 0. The van der Waals surface area contributed by atoms with Crippen molar-refractivity contribution in [1.82, 2.24) is 19.3 Å². The minimum Gasteiger partial charge on any atom is -0.509 e. The fourth-order valence-corrected chi connectivity index (χ4v) is 7.81. The van der Waals surface area contributed by atoms with Gasteiger partial charge < -0.3 is 9.30 Å². The predicted molar refractivity (Wildman–Crippen MR) is 216 cm³/mol. The number of aryl methyl sites for hydroxylation is 5. The van der Waals surface area contributed by atoms with Gasteiger partial charge in [0, 0.05) is 34.5 Å². The molecule has 7 rings (SSSR count). The molecule has 274 valence electrons. The number of para-hydroxylation sites is 1. The third-order valence-electron chi connectivity index (χ3n) is 10.1. The van der Waals surface area contributed by atoms with Crippen LogP contribution in [0.5, 0.6) is 11.5 Å². The van der Waals surface area contributed by atoms with Crippen LogP contribution in [0.4, 0.5) is 0 Å². The minimum atomic E-state index is 0. The molecule has 53 heavy (non-hydrogen) atoms. The Morgan fingerprint density at radius 3 is 2.19 bits per heavy atom. The number of pyridine rings is 1. The van der Waals surface area contributed by atoms with Crippen molar-refractivity contribution in [1.29, 1.82) is 0 Å². The van der Waals surface area contributed by atoms with E-state index in [4.69, 9.17) is 14.8 Å². The van der Waals surface area contributed by atoms with Gasteiger partial charge >= 0.3 is 20.4 Å². The van der Waals surface area contributed by atoms with E-state index in [9.17, 15) is 0 Å². The number of rotatable bonds is 12. The van der Waals surface area contributed by atoms with Gasteiger partial charge in [0.1, 0.15) is 5.82 Å². The molecular weight excluding hydrogens is 743 g/mol. The van der Waals surface area contributed by atoms with E-state index in [0.29, 0.717) is 11.5 Å². The number of benzene rings is 4. The number of fused-ring (bicyclic) bond motifs is 3. The normalized spacial score (nSPS) is 11.5. The van der Waals surface area contributed by atoms with Gasteiger partial charge in [-0.2, -0.15) is 11.2 Å². The molecule has 0 saturated heterocycles. The van der Waals surface area contributed by atoms with Crippen LogP contribution in [-0.4, -0.2) is 19.3 Å². The molecule has 0 aliphatic heterocycles. The van der Waals surface area contributed by atoms with Gasteiger partial charge in [0.2, 0.25) is 0 Å². The second-order valence-corrected chi connectivity index (χ2v) is 14.6. The summed E-state index contributed by atoms with van der Waals surface area (Å²) in [5.74, 6) is 2.47. The van der Waals surface area contributed by atoms with E-state index < -0.39 is 0 Å². The fraction of sp³-hybridized carbons (Fsp3) is 0.319. The van der Waals surface area contributed by atoms with Gasteiger partial charge in [-0.15, -0.1) is 41.3 Å². The van der Waals surface area contributed by atoms with Gasteiger partial charge in [0.25, 0.3) is 0 Å². The summed E-state index contributed by atoms with van der Waals surface area (Å²) in [5.41, 5.74) is 14.3. The summed E-state index contributed by atoms with van der Waals surface area (Å²) >= 11 is 0. The Morgan fingerprint density at radius 1 is 0.736 bits per heavy atom. The monoisotopic (exact) mass is 792 g/mol. The summed E-state index contributed by atoms with van der Waals surface area (Å²) in [7, 11) is 0. The smallest absolute Gasteiger partial charge is 0.509 e. The maximum Gasteiger partial charge on any atom is 2.00 e. The molecule has 0 spiro atoms. The van der Waals surface area contributed by atoms with Crippen molar-refractivity contribution in [3.63, 3.8) is 0 Å². The molecule has 0 N–H and O–H groups in total. The first kappa shape index (κ1) is 38.2. The molecular formula is C47H50N4OPd. The molecule has 0 radical (unpaired) electrons. The van der Waals surface area contributed by atoms with Gasteiger partial charge in [-0.25, -0.2) is 4.98 Å². The van der Waals surface area contributed by atoms with Crippen molar-refractivity contribution < 1.29 is 25.2 Å². The van der Waals surface area contributed by atoms with Crippen molar-refractivity contribution in [2.45, 2.75) is 99.8 Å². The number of hydrogen-bond acceptors (Lipinski definition) is 3. The summed E-state index contributed by atoms with van der Waals surface area (Å²) in [6.07, 6.45) is 7.87. The molecule has 3 heterocycles. The molecule has 5 nitrogen and oxygen atoms in total. The molecule has 0 atom stereocenters. The number of nitrogens with zero attached hydrogens (tertiary/aromatic N) is 4. The summed E-state index contributed by atoms with van der Waals surface area (Å²) in [5, 5.41) is 7.64. The largest absolute Gasteiger partial charge is 2.00 e. The Morgan fingerprint density at radius 2 is 1.47 bits per heavy atom. The SMILES string of the molecule is CCCc1ccnc(-n2c3[c-]c(Oc4[c-]c(-n5nc(CCC)c(-c6c(C)cc(C)cc6C)c5CCC)cc(C(C)C)c4)ccc3c3ccccc32)c1.[Pd+2]. The maximum atomic E-state index is 6.72. The second-order valence-electron chi connectivity index (χ2n) is 14.6. The van der Waals surface area contributed by atoms with E-state index in [2.05, 4.69) is 144 Å². The molecule has 0 fully saturated rings. The zero-order valence-corrected chi connectivity index (χ0v) is 33.9. The molecule has 0 unspecified atom stereocenters. The molecule has 0 bridgehead atoms. The van der Waals surface area contributed by atoms with E-state index >= 15 is 0 Å². The Labute approximate surface area is 329 Å². The molecule has 0 saturated carbocycles. The van der Waals surface area contributed by atoms with Gasteiger partial charge in [-0.3, -0.25) is 4.68 Å². The van der Waals surface area contributed by atoms with E-state index in [1.165, 1.54) is 50.0 Å². The maximum absolute atomic E-state index is 6.72. The molecule has 4 aromatic carbocycles. The van der Waals surface area contributed by atoms with Crippen LogP contribution < -0.4 is 4.74 Å². The first-order chi connectivity index (χ1) is 25.2. The second kappa shape index (κ2) is 16.3. The zero-order chi connectivity index (χ0) is 36.5. The molecule has 0 aliphatic carbocycles. The molecule has 0 amide bonds. The van der Waals surface area contributed by atoms with Crippen molar-refractivity contribution in [3.05, 3.63) is 130 Å². The Hall–Kier alpha value is -4.50. The molecule has 7 aromatic rings. The summed E-state index contributed by atoms with van der Waals surface area (Å²) < 4.78 is 11.1. The third kappa shape index (κ3) is 7.50. The van der Waals surface area contributed by atoms with Crippen LogP contribution in [0.3, 0.4) is 0 Å². The molecule has 0 aliphatic rings. The van der Waals surface area contributed by atoms with Crippen LogP contribution >= 0.6 is 0 Å². The van der Waals surface area contributed by atoms with Crippen LogP contribution in [0.15, 0.2) is 79.0 Å². The van der Waals surface area contributed by atoms with E-state index in [0.717, 1.165) is 72.1 Å². The van der Waals surface area contributed by atoms with Crippen LogP contribution in [-0.2, 0) is 39.7 Å². The summed E-state index contributed by atoms with van der Waals surface area (Å²) in [6.45, 7) is 17.8. The first-order valence-electron chi connectivity index (χ1n) is 19.1. The van der Waals surface area contributed by atoms with Crippen molar-refractivity contribution in [2.75, 3.05) is 0 Å². The number of hydrogen-bond donors (Lipinski definition) is 0. The van der Waals surface area contributed by atoms with E-state index in [1.807, 2.05) is 12.3 Å². The Bertz CT molecular complexity index is 2380. The zero-order valence-electron chi connectivity index (χ0n) is 32.3. The van der Waals surface area contributed by atoms with E-state index in [1.54, 1.807) is 0 Å². The first-order valence-corrected chi connectivity index (χ1v) is 19.1. The average Bonchev–Trinajstić information content (AvgIpc) is 3.63. The van der Waals surface area contributed by atoms with Crippen LogP contribution in [0, 0.1) is 32.9 Å². The van der Waals surface area contributed by atoms with Crippen molar-refractivity contribution in [3.8, 4) is 34.1 Å². The third-order valence-corrected chi connectivity index (χ3v) is 10.1. The van der Waals surface area contributed by atoms with Gasteiger partial charge in [-0.05, 0) is 97.5 Å². The van der Waals surface area contributed by atoms with Crippen LogP contribution in [0.1, 0.15) is 99.0 Å². The van der Waals surface area contributed by atoms with Crippen LogP contribution in [0.25, 0.3) is 44.4 Å².